The van der Waals surface area contributed by atoms with Gasteiger partial charge in [0.15, 0.2) is 0 Å². The van der Waals surface area contributed by atoms with E-state index in [0.717, 1.165) is 54.5 Å². The number of aromatic nitrogens is 4. The van der Waals surface area contributed by atoms with Gasteiger partial charge in [-0.05, 0) is 31.0 Å². The molecular formula is C21H24N6O. The molecule has 1 atom stereocenters. The van der Waals surface area contributed by atoms with Crippen LogP contribution in [0.2, 0.25) is 0 Å². The minimum absolute atomic E-state index is 0.110. The van der Waals surface area contributed by atoms with Crippen molar-refractivity contribution < 1.29 is 0 Å². The molecule has 0 radical (unpaired) electrons. The molecule has 0 bridgehead atoms. The Kier molecular flexibility index (Phi) is 5.06. The van der Waals surface area contributed by atoms with E-state index in [-0.39, 0.29) is 11.5 Å². The number of aromatic amines is 1. The lowest BCUT2D eigenvalue weighted by Gasteiger charge is -2.32. The largest absolute Gasteiger partial charge is 0.378 e. The summed E-state index contributed by atoms with van der Waals surface area (Å²) in [6.07, 6.45) is 5.32. The zero-order valence-electron chi connectivity index (χ0n) is 16.2. The molecule has 0 aliphatic carbocycles. The number of rotatable bonds is 4. The van der Waals surface area contributed by atoms with Gasteiger partial charge in [-0.2, -0.15) is 0 Å². The molecule has 0 spiro atoms. The Balaban J connectivity index is 1.56. The Morgan fingerprint density at radius 1 is 1.14 bits per heavy atom. The molecule has 1 fully saturated rings. The van der Waals surface area contributed by atoms with Crippen molar-refractivity contribution in [2.75, 3.05) is 37.0 Å². The molecule has 28 heavy (non-hydrogen) atoms. The Labute approximate surface area is 164 Å². The van der Waals surface area contributed by atoms with Crippen LogP contribution in [0, 0.1) is 0 Å². The lowest BCUT2D eigenvalue weighted by Crippen LogP contribution is -2.36. The van der Waals surface area contributed by atoms with E-state index in [1.165, 1.54) is 6.33 Å². The monoisotopic (exact) mass is 376 g/mol. The lowest BCUT2D eigenvalue weighted by atomic mass is 9.95. The minimum Gasteiger partial charge on any atom is -0.378 e. The number of nitrogens with one attached hydrogen (secondary N) is 1. The second-order valence-corrected chi connectivity index (χ2v) is 7.30. The summed E-state index contributed by atoms with van der Waals surface area (Å²) >= 11 is 0. The first-order valence-corrected chi connectivity index (χ1v) is 9.50. The third-order valence-corrected chi connectivity index (χ3v) is 5.14. The highest BCUT2D eigenvalue weighted by Crippen LogP contribution is 2.28. The van der Waals surface area contributed by atoms with Crippen LogP contribution in [0.5, 0.6) is 0 Å². The SMILES string of the molecule is CN(C)c1ccc(-c2ccnc(N3CCCC(c4cc(=O)[nH]cn4)C3)n2)cc1. The van der Waals surface area contributed by atoms with Gasteiger partial charge < -0.3 is 14.8 Å². The molecule has 1 N–H and O–H groups in total. The fourth-order valence-electron chi connectivity index (χ4n) is 3.60. The molecule has 0 amide bonds. The van der Waals surface area contributed by atoms with Crippen LogP contribution >= 0.6 is 0 Å². The van der Waals surface area contributed by atoms with Crippen LogP contribution < -0.4 is 15.4 Å². The first-order chi connectivity index (χ1) is 13.6. The Bertz CT molecular complexity index is 998. The molecule has 0 saturated carbocycles. The summed E-state index contributed by atoms with van der Waals surface area (Å²) in [5, 5.41) is 0. The Morgan fingerprint density at radius 2 is 1.96 bits per heavy atom. The molecule has 3 aromatic rings. The summed E-state index contributed by atoms with van der Waals surface area (Å²) in [7, 11) is 4.06. The van der Waals surface area contributed by atoms with E-state index in [1.54, 1.807) is 6.07 Å². The smallest absolute Gasteiger partial charge is 0.250 e. The second-order valence-electron chi connectivity index (χ2n) is 7.30. The highest BCUT2D eigenvalue weighted by atomic mass is 16.1. The van der Waals surface area contributed by atoms with Gasteiger partial charge in [0.05, 0.1) is 17.7 Å². The summed E-state index contributed by atoms with van der Waals surface area (Å²) in [5.41, 5.74) is 3.86. The zero-order valence-corrected chi connectivity index (χ0v) is 16.2. The lowest BCUT2D eigenvalue weighted by molar-refractivity contribution is 0.494. The number of nitrogens with zero attached hydrogens (tertiary/aromatic N) is 5. The van der Waals surface area contributed by atoms with E-state index in [9.17, 15) is 4.79 Å². The quantitative estimate of drug-likeness (QED) is 0.754. The van der Waals surface area contributed by atoms with Gasteiger partial charge in [0.2, 0.25) is 5.95 Å². The molecular weight excluding hydrogens is 352 g/mol. The van der Waals surface area contributed by atoms with Crippen molar-refractivity contribution in [3.05, 3.63) is 65.0 Å². The first kappa shape index (κ1) is 18.2. The van der Waals surface area contributed by atoms with Gasteiger partial charge in [-0.25, -0.2) is 15.0 Å². The van der Waals surface area contributed by atoms with Crippen molar-refractivity contribution in [3.8, 4) is 11.3 Å². The number of hydrogen-bond donors (Lipinski definition) is 1. The summed E-state index contributed by atoms with van der Waals surface area (Å²) in [4.78, 5) is 32.1. The van der Waals surface area contributed by atoms with E-state index >= 15 is 0 Å². The van der Waals surface area contributed by atoms with Crippen molar-refractivity contribution >= 4 is 11.6 Å². The number of hydrogen-bond acceptors (Lipinski definition) is 6. The van der Waals surface area contributed by atoms with E-state index < -0.39 is 0 Å². The van der Waals surface area contributed by atoms with Crippen LogP contribution in [-0.2, 0) is 0 Å². The van der Waals surface area contributed by atoms with Crippen molar-refractivity contribution in [2.45, 2.75) is 18.8 Å². The fourth-order valence-corrected chi connectivity index (χ4v) is 3.60. The van der Waals surface area contributed by atoms with Gasteiger partial charge in [-0.1, -0.05) is 12.1 Å². The normalized spacial score (nSPS) is 16.8. The van der Waals surface area contributed by atoms with Crippen molar-refractivity contribution in [2.24, 2.45) is 0 Å². The molecule has 4 rings (SSSR count). The highest BCUT2D eigenvalue weighted by Gasteiger charge is 2.24. The van der Waals surface area contributed by atoms with Gasteiger partial charge in [0, 0.05) is 56.6 Å². The first-order valence-electron chi connectivity index (χ1n) is 9.50. The second kappa shape index (κ2) is 7.80. The Hall–Kier alpha value is -3.22. The predicted octanol–water partition coefficient (Wildman–Crippen LogP) is 2.68. The van der Waals surface area contributed by atoms with Gasteiger partial charge in [-0.15, -0.1) is 0 Å². The highest BCUT2D eigenvalue weighted by molar-refractivity contribution is 5.63. The van der Waals surface area contributed by atoms with Crippen LogP contribution in [0.25, 0.3) is 11.3 Å². The van der Waals surface area contributed by atoms with E-state index in [1.807, 2.05) is 26.4 Å². The van der Waals surface area contributed by atoms with E-state index in [4.69, 9.17) is 4.98 Å². The van der Waals surface area contributed by atoms with Crippen molar-refractivity contribution in [3.63, 3.8) is 0 Å². The van der Waals surface area contributed by atoms with Crippen molar-refractivity contribution in [1.82, 2.24) is 19.9 Å². The summed E-state index contributed by atoms with van der Waals surface area (Å²) in [5.74, 6) is 0.936. The molecule has 1 aliphatic rings. The van der Waals surface area contributed by atoms with Gasteiger partial charge in [0.25, 0.3) is 5.56 Å². The van der Waals surface area contributed by atoms with Crippen molar-refractivity contribution in [1.29, 1.82) is 0 Å². The molecule has 144 valence electrons. The molecule has 3 heterocycles. The molecule has 1 aromatic carbocycles. The third kappa shape index (κ3) is 3.88. The van der Waals surface area contributed by atoms with Crippen LogP contribution in [0.1, 0.15) is 24.5 Å². The number of piperidine rings is 1. The average Bonchev–Trinajstić information content (AvgIpc) is 2.74. The van der Waals surface area contributed by atoms with Crippen LogP contribution in [-0.4, -0.2) is 47.1 Å². The van der Waals surface area contributed by atoms with E-state index in [2.05, 4.69) is 49.0 Å². The van der Waals surface area contributed by atoms with Crippen LogP contribution in [0.15, 0.2) is 53.7 Å². The van der Waals surface area contributed by atoms with Gasteiger partial charge in [0.1, 0.15) is 0 Å². The fraction of sp³-hybridized carbons (Fsp3) is 0.333. The molecule has 7 heteroatoms. The standard InChI is InChI=1S/C21H24N6O/c1-26(2)17-7-5-15(6-8-17)18-9-10-22-21(25-18)27-11-3-4-16(13-27)19-12-20(28)24-14-23-19/h5-10,12,14,16H,3-4,11,13H2,1-2H3,(H,23,24,28). The van der Waals surface area contributed by atoms with Crippen LogP contribution in [0.4, 0.5) is 11.6 Å². The van der Waals surface area contributed by atoms with E-state index in [0.29, 0.717) is 0 Å². The number of H-pyrrole nitrogens is 1. The van der Waals surface area contributed by atoms with Gasteiger partial charge >= 0.3 is 0 Å². The summed E-state index contributed by atoms with van der Waals surface area (Å²) in [6.45, 7) is 1.67. The molecule has 1 saturated heterocycles. The summed E-state index contributed by atoms with van der Waals surface area (Å²) in [6, 6.07) is 11.9. The Morgan fingerprint density at radius 3 is 2.71 bits per heavy atom. The molecule has 1 unspecified atom stereocenters. The van der Waals surface area contributed by atoms with Gasteiger partial charge in [-0.3, -0.25) is 4.79 Å². The predicted molar refractivity (Wildman–Crippen MR) is 111 cm³/mol. The third-order valence-electron chi connectivity index (χ3n) is 5.14. The number of anilines is 2. The topological polar surface area (TPSA) is 78.0 Å². The maximum atomic E-state index is 11.6. The molecule has 7 nitrogen and oxygen atoms in total. The maximum Gasteiger partial charge on any atom is 0.250 e. The molecule has 2 aromatic heterocycles. The number of benzene rings is 1. The van der Waals surface area contributed by atoms with Crippen LogP contribution in [0.3, 0.4) is 0 Å². The molecule has 1 aliphatic heterocycles. The summed E-state index contributed by atoms with van der Waals surface area (Å²) < 4.78 is 0. The maximum absolute atomic E-state index is 11.6. The zero-order chi connectivity index (χ0) is 19.5. The average molecular weight is 376 g/mol. The minimum atomic E-state index is -0.110.